The maximum Gasteiger partial charge on any atom is 0.471 e. The summed E-state index contributed by atoms with van der Waals surface area (Å²) in [6, 6.07) is 10.1. The smallest absolute Gasteiger partial charge is 0.471 e. The molecule has 0 amide bonds. The zero-order chi connectivity index (χ0) is 21.2. The first-order valence-electron chi connectivity index (χ1n) is 8.13. The lowest BCUT2D eigenvalue weighted by Gasteiger charge is -2.08. The third-order valence-corrected chi connectivity index (χ3v) is 5.54. The van der Waals surface area contributed by atoms with Gasteiger partial charge in [0.25, 0.3) is 0 Å². The molecule has 11 heteroatoms. The Bertz CT molecular complexity index is 1130. The number of benzene rings is 2. The number of methoxy groups -OCH3 is 1. The van der Waals surface area contributed by atoms with Crippen LogP contribution in [0.4, 0.5) is 23.2 Å². The fourth-order valence-corrected chi connectivity index (χ4v) is 3.83. The molecule has 2 aromatic carbocycles. The maximum atomic E-state index is 14.2. The Hall–Kier alpha value is -2.95. The van der Waals surface area contributed by atoms with Crippen molar-refractivity contribution >= 4 is 15.4 Å². The molecule has 0 bridgehead atoms. The Labute approximate surface area is 163 Å². The summed E-state index contributed by atoms with van der Waals surface area (Å²) in [4.78, 5) is 3.24. The van der Waals surface area contributed by atoms with Crippen LogP contribution in [0.1, 0.15) is 17.3 Å². The molecule has 29 heavy (non-hydrogen) atoms. The summed E-state index contributed by atoms with van der Waals surface area (Å²) in [6.07, 6.45) is -3.38. The molecular formula is C18H15F4N3O3S. The van der Waals surface area contributed by atoms with E-state index in [1.54, 1.807) is 12.1 Å². The Balaban J connectivity index is 1.81. The predicted molar refractivity (Wildman–Crippen MR) is 95.9 cm³/mol. The predicted octanol–water partition coefficient (Wildman–Crippen LogP) is 4.62. The van der Waals surface area contributed by atoms with Crippen LogP contribution in [0.5, 0.6) is 5.75 Å². The molecule has 0 saturated carbocycles. The molecule has 0 aliphatic heterocycles. The molecule has 1 unspecified atom stereocenters. The van der Waals surface area contributed by atoms with Crippen molar-refractivity contribution in [1.29, 1.82) is 0 Å². The summed E-state index contributed by atoms with van der Waals surface area (Å²) < 4.78 is 77.8. The molecule has 0 radical (unpaired) electrons. The average Bonchev–Trinajstić information content (AvgIpc) is 3.11. The van der Waals surface area contributed by atoms with Gasteiger partial charge in [-0.3, -0.25) is 0 Å². The molecular weight excluding hydrogens is 414 g/mol. The second kappa shape index (κ2) is 7.82. The van der Waals surface area contributed by atoms with E-state index >= 15 is 0 Å². The Morgan fingerprint density at radius 2 is 1.86 bits per heavy atom. The fourth-order valence-electron chi connectivity index (χ4n) is 2.46. The van der Waals surface area contributed by atoms with Crippen LogP contribution in [0.3, 0.4) is 0 Å². The van der Waals surface area contributed by atoms with Gasteiger partial charge in [-0.25, -0.2) is 8.60 Å². The molecule has 3 rings (SSSR count). The third kappa shape index (κ3) is 4.91. The number of aromatic nitrogens is 2. The van der Waals surface area contributed by atoms with Gasteiger partial charge in [-0.15, -0.1) is 0 Å². The number of alkyl halides is 3. The van der Waals surface area contributed by atoms with Crippen molar-refractivity contribution in [3.05, 3.63) is 65.6 Å². The molecule has 0 N–H and O–H groups in total. The lowest BCUT2D eigenvalue weighted by atomic mass is 10.1. The van der Waals surface area contributed by atoms with E-state index < -0.39 is 27.6 Å². The molecule has 0 aliphatic rings. The van der Waals surface area contributed by atoms with Crippen molar-refractivity contribution in [2.24, 2.45) is 4.36 Å². The minimum absolute atomic E-state index is 0.00840. The quantitative estimate of drug-likeness (QED) is 0.554. The van der Waals surface area contributed by atoms with E-state index in [9.17, 15) is 21.8 Å². The largest absolute Gasteiger partial charge is 0.497 e. The van der Waals surface area contributed by atoms with Crippen molar-refractivity contribution in [1.82, 2.24) is 10.1 Å². The highest BCUT2D eigenvalue weighted by atomic mass is 32.2. The fraction of sp³-hybridized carbons (Fsp3) is 0.222. The first-order chi connectivity index (χ1) is 13.6. The lowest BCUT2D eigenvalue weighted by Crippen LogP contribution is -2.05. The Morgan fingerprint density at radius 1 is 1.17 bits per heavy atom. The Morgan fingerprint density at radius 3 is 2.41 bits per heavy atom. The van der Waals surface area contributed by atoms with Gasteiger partial charge in [0.15, 0.2) is 5.82 Å². The molecule has 0 fully saturated rings. The van der Waals surface area contributed by atoms with Crippen molar-refractivity contribution in [2.45, 2.75) is 17.5 Å². The van der Waals surface area contributed by atoms with Gasteiger partial charge in [-0.05, 0) is 29.8 Å². The molecule has 1 atom stereocenters. The first kappa shape index (κ1) is 20.8. The number of ether oxygens (including phenoxy) is 1. The summed E-state index contributed by atoms with van der Waals surface area (Å²) >= 11 is 0. The first-order valence-corrected chi connectivity index (χ1v) is 10.1. The van der Waals surface area contributed by atoms with Crippen molar-refractivity contribution in [2.75, 3.05) is 13.4 Å². The lowest BCUT2D eigenvalue weighted by molar-refractivity contribution is -0.159. The summed E-state index contributed by atoms with van der Waals surface area (Å²) in [5, 5.41) is 3.30. The summed E-state index contributed by atoms with van der Waals surface area (Å²) in [5.41, 5.74) is 0.914. The zero-order valence-electron chi connectivity index (χ0n) is 15.2. The van der Waals surface area contributed by atoms with Crippen molar-refractivity contribution in [3.8, 4) is 5.75 Å². The SMILES string of the molecule is COc1ccc(S(C)(=O)=Nc2ccc(Cc3noc(C(F)(F)F)n3)cc2)c(F)c1. The highest BCUT2D eigenvalue weighted by molar-refractivity contribution is 7.93. The van der Waals surface area contributed by atoms with E-state index in [1.807, 2.05) is 0 Å². The molecule has 1 heterocycles. The van der Waals surface area contributed by atoms with Crippen LogP contribution < -0.4 is 4.74 Å². The van der Waals surface area contributed by atoms with Crippen LogP contribution in [0.15, 0.2) is 56.2 Å². The van der Waals surface area contributed by atoms with E-state index in [0.29, 0.717) is 17.0 Å². The van der Waals surface area contributed by atoms with E-state index in [2.05, 4.69) is 19.0 Å². The van der Waals surface area contributed by atoms with Crippen LogP contribution in [0.2, 0.25) is 0 Å². The van der Waals surface area contributed by atoms with E-state index in [1.165, 1.54) is 37.6 Å². The van der Waals surface area contributed by atoms with Crippen LogP contribution in [0.25, 0.3) is 0 Å². The van der Waals surface area contributed by atoms with Gasteiger partial charge in [0, 0.05) is 18.7 Å². The molecule has 0 spiro atoms. The average molecular weight is 429 g/mol. The Kier molecular flexibility index (Phi) is 5.60. The number of hydrogen-bond acceptors (Lipinski definition) is 6. The van der Waals surface area contributed by atoms with E-state index in [0.717, 1.165) is 6.07 Å². The van der Waals surface area contributed by atoms with Crippen LogP contribution in [-0.4, -0.2) is 27.7 Å². The second-order valence-electron chi connectivity index (χ2n) is 6.05. The van der Waals surface area contributed by atoms with Gasteiger partial charge >= 0.3 is 12.1 Å². The molecule has 154 valence electrons. The number of rotatable bonds is 5. The zero-order valence-corrected chi connectivity index (χ0v) is 16.1. The number of halogens is 4. The summed E-state index contributed by atoms with van der Waals surface area (Å²) in [6.45, 7) is 0. The van der Waals surface area contributed by atoms with Gasteiger partial charge in [0.2, 0.25) is 0 Å². The van der Waals surface area contributed by atoms with Gasteiger partial charge < -0.3 is 9.26 Å². The van der Waals surface area contributed by atoms with Crippen LogP contribution >= 0.6 is 0 Å². The minimum atomic E-state index is -4.70. The van der Waals surface area contributed by atoms with Crippen LogP contribution in [-0.2, 0) is 22.3 Å². The monoisotopic (exact) mass is 429 g/mol. The molecule has 0 aliphatic carbocycles. The van der Waals surface area contributed by atoms with Gasteiger partial charge in [-0.1, -0.05) is 17.3 Å². The van der Waals surface area contributed by atoms with Gasteiger partial charge in [0.05, 0.1) is 27.4 Å². The van der Waals surface area contributed by atoms with Crippen molar-refractivity contribution in [3.63, 3.8) is 0 Å². The molecule has 0 saturated heterocycles. The molecule has 6 nitrogen and oxygen atoms in total. The topological polar surface area (TPSA) is 77.6 Å². The standard InChI is InChI=1S/C18H15F4N3O3S/c1-27-13-7-8-15(14(19)10-13)29(2,26)25-12-5-3-11(4-6-12)9-16-23-17(28-24-16)18(20,21)22/h3-8,10H,9H2,1-2H3. The van der Waals surface area contributed by atoms with Crippen molar-refractivity contribution < 1.29 is 31.0 Å². The molecule has 1 aromatic heterocycles. The highest BCUT2D eigenvalue weighted by Crippen LogP contribution is 2.28. The van der Waals surface area contributed by atoms with Gasteiger partial charge in [0.1, 0.15) is 11.6 Å². The number of hydrogen-bond donors (Lipinski definition) is 0. The van der Waals surface area contributed by atoms with E-state index in [4.69, 9.17) is 4.74 Å². The summed E-state index contributed by atoms with van der Waals surface area (Å²) in [5.74, 6) is -1.94. The van der Waals surface area contributed by atoms with Crippen LogP contribution in [0, 0.1) is 5.82 Å². The van der Waals surface area contributed by atoms with Gasteiger partial charge in [-0.2, -0.15) is 22.5 Å². The number of nitrogens with zero attached hydrogens (tertiary/aromatic N) is 3. The minimum Gasteiger partial charge on any atom is -0.497 e. The summed E-state index contributed by atoms with van der Waals surface area (Å²) in [7, 11) is -1.68. The highest BCUT2D eigenvalue weighted by Gasteiger charge is 2.38. The van der Waals surface area contributed by atoms with E-state index in [-0.39, 0.29) is 17.1 Å². The normalized spacial score (nSPS) is 13.7. The third-order valence-electron chi connectivity index (χ3n) is 3.84. The maximum absolute atomic E-state index is 14.2. The molecule has 3 aromatic rings. The second-order valence-corrected chi connectivity index (χ2v) is 8.27.